The number of morpholine rings is 1. The maximum atomic E-state index is 13.3. The normalized spacial score (nSPS) is 26.0. The highest BCUT2D eigenvalue weighted by Crippen LogP contribution is 2.34. The van der Waals surface area contributed by atoms with Crippen molar-refractivity contribution in [2.24, 2.45) is 5.92 Å². The molecule has 170 valence electrons. The number of piperazine rings is 1. The molecule has 2 aliphatic heterocycles. The first-order valence-electron chi connectivity index (χ1n) is 12.2. The van der Waals surface area contributed by atoms with Gasteiger partial charge in [-0.1, -0.05) is 19.3 Å². The molecule has 7 heteroatoms. The Hall–Kier alpha value is -1.44. The molecule has 4 aliphatic rings. The second-order valence-electron chi connectivity index (χ2n) is 9.56. The van der Waals surface area contributed by atoms with Crippen molar-refractivity contribution >= 4 is 23.2 Å². The molecule has 2 aliphatic carbocycles. The van der Waals surface area contributed by atoms with Crippen molar-refractivity contribution in [1.29, 1.82) is 0 Å². The van der Waals surface area contributed by atoms with Gasteiger partial charge in [-0.05, 0) is 43.7 Å². The summed E-state index contributed by atoms with van der Waals surface area (Å²) in [5, 5.41) is 0. The first-order valence-corrected chi connectivity index (χ1v) is 13.0. The number of fused-ring (bicyclic) bond motifs is 1. The van der Waals surface area contributed by atoms with E-state index in [-0.39, 0.29) is 11.8 Å². The molecule has 2 amide bonds. The molecule has 1 aromatic heterocycles. The van der Waals surface area contributed by atoms with Crippen molar-refractivity contribution in [2.75, 3.05) is 52.5 Å². The van der Waals surface area contributed by atoms with Gasteiger partial charge in [0.2, 0.25) is 5.91 Å². The van der Waals surface area contributed by atoms with E-state index in [1.807, 2.05) is 4.90 Å². The summed E-state index contributed by atoms with van der Waals surface area (Å²) in [6.45, 7) is 6.43. The molecule has 0 bridgehead atoms. The van der Waals surface area contributed by atoms with Crippen LogP contribution in [0.1, 0.15) is 58.6 Å². The topological polar surface area (TPSA) is 53.1 Å². The van der Waals surface area contributed by atoms with Crippen LogP contribution in [0.5, 0.6) is 0 Å². The molecule has 2 saturated heterocycles. The van der Waals surface area contributed by atoms with Gasteiger partial charge in [0.05, 0.1) is 18.1 Å². The number of amides is 2. The summed E-state index contributed by atoms with van der Waals surface area (Å²) in [6, 6.07) is 2.81. The Labute approximate surface area is 189 Å². The van der Waals surface area contributed by atoms with Gasteiger partial charge in [-0.3, -0.25) is 14.5 Å². The van der Waals surface area contributed by atoms with E-state index in [9.17, 15) is 9.59 Å². The maximum absolute atomic E-state index is 13.3. The van der Waals surface area contributed by atoms with Crippen LogP contribution >= 0.6 is 11.3 Å². The molecule has 31 heavy (non-hydrogen) atoms. The lowest BCUT2D eigenvalue weighted by atomic mass is 9.87. The Morgan fingerprint density at radius 3 is 2.39 bits per heavy atom. The molecule has 0 spiro atoms. The molecule has 0 unspecified atom stereocenters. The van der Waals surface area contributed by atoms with Crippen LogP contribution in [-0.4, -0.2) is 85.0 Å². The Kier molecular flexibility index (Phi) is 6.62. The van der Waals surface area contributed by atoms with Crippen molar-refractivity contribution in [2.45, 2.75) is 57.4 Å². The number of hydrogen-bond acceptors (Lipinski definition) is 5. The lowest BCUT2D eigenvalue weighted by Gasteiger charge is -2.41. The van der Waals surface area contributed by atoms with Crippen molar-refractivity contribution in [1.82, 2.24) is 14.7 Å². The minimum atomic E-state index is 0.0784. The van der Waals surface area contributed by atoms with Crippen LogP contribution in [0, 0.1) is 5.92 Å². The summed E-state index contributed by atoms with van der Waals surface area (Å²) < 4.78 is 5.37. The zero-order valence-corrected chi connectivity index (χ0v) is 19.3. The highest BCUT2D eigenvalue weighted by atomic mass is 32.1. The molecule has 3 heterocycles. The van der Waals surface area contributed by atoms with Crippen LogP contribution in [0.15, 0.2) is 6.07 Å². The third kappa shape index (κ3) is 4.69. The van der Waals surface area contributed by atoms with Crippen LogP contribution in [0.3, 0.4) is 0 Å². The van der Waals surface area contributed by atoms with Crippen LogP contribution in [0.4, 0.5) is 0 Å². The third-order valence-electron chi connectivity index (χ3n) is 7.66. The number of aryl methyl sites for hydroxylation is 1. The summed E-state index contributed by atoms with van der Waals surface area (Å²) in [5.41, 5.74) is 1.23. The average molecular weight is 446 g/mol. The minimum Gasteiger partial charge on any atom is -0.378 e. The van der Waals surface area contributed by atoms with E-state index in [0.717, 1.165) is 56.4 Å². The van der Waals surface area contributed by atoms with Gasteiger partial charge in [0.1, 0.15) is 0 Å². The second-order valence-corrected chi connectivity index (χ2v) is 10.7. The fourth-order valence-corrected chi connectivity index (χ4v) is 6.95. The molecule has 6 nitrogen and oxygen atoms in total. The largest absolute Gasteiger partial charge is 0.378 e. The van der Waals surface area contributed by atoms with Crippen molar-refractivity contribution in [3.63, 3.8) is 0 Å². The summed E-state index contributed by atoms with van der Waals surface area (Å²) in [5.74, 6) is 0.542. The highest BCUT2D eigenvalue weighted by molar-refractivity contribution is 7.14. The van der Waals surface area contributed by atoms with E-state index < -0.39 is 0 Å². The first-order chi connectivity index (χ1) is 15.2. The number of ether oxygens (including phenoxy) is 1. The van der Waals surface area contributed by atoms with Gasteiger partial charge < -0.3 is 14.5 Å². The Bertz CT molecular complexity index is 790. The lowest BCUT2D eigenvalue weighted by Crippen LogP contribution is -2.53. The molecule has 1 saturated carbocycles. The number of nitrogens with zero attached hydrogens (tertiary/aromatic N) is 3. The number of hydrogen-bond donors (Lipinski definition) is 0. The first kappa shape index (κ1) is 21.4. The Morgan fingerprint density at radius 1 is 0.903 bits per heavy atom. The van der Waals surface area contributed by atoms with E-state index >= 15 is 0 Å². The van der Waals surface area contributed by atoms with Gasteiger partial charge in [-0.2, -0.15) is 0 Å². The minimum absolute atomic E-state index is 0.0784. The molecular formula is C24H35N3O3S. The van der Waals surface area contributed by atoms with E-state index in [4.69, 9.17) is 4.74 Å². The van der Waals surface area contributed by atoms with E-state index in [1.54, 1.807) is 11.3 Å². The fourth-order valence-electron chi connectivity index (χ4n) is 5.77. The van der Waals surface area contributed by atoms with Crippen LogP contribution in [0.2, 0.25) is 0 Å². The molecule has 0 N–H and O–H groups in total. The maximum Gasteiger partial charge on any atom is 0.264 e. The Balaban J connectivity index is 1.16. The van der Waals surface area contributed by atoms with Crippen molar-refractivity contribution in [3.8, 4) is 0 Å². The zero-order valence-electron chi connectivity index (χ0n) is 18.5. The van der Waals surface area contributed by atoms with E-state index in [0.29, 0.717) is 32.2 Å². The van der Waals surface area contributed by atoms with Crippen LogP contribution in [-0.2, 0) is 22.4 Å². The summed E-state index contributed by atoms with van der Waals surface area (Å²) in [7, 11) is 0. The number of thiophene rings is 1. The van der Waals surface area contributed by atoms with Gasteiger partial charge in [0, 0.05) is 56.1 Å². The van der Waals surface area contributed by atoms with Gasteiger partial charge in [-0.25, -0.2) is 0 Å². The van der Waals surface area contributed by atoms with Crippen molar-refractivity contribution < 1.29 is 14.3 Å². The fraction of sp³-hybridized carbons (Fsp3) is 0.750. The summed E-state index contributed by atoms with van der Waals surface area (Å²) >= 11 is 1.64. The van der Waals surface area contributed by atoms with E-state index in [1.165, 1.54) is 42.5 Å². The average Bonchev–Trinajstić information content (AvgIpc) is 3.28. The van der Waals surface area contributed by atoms with Crippen LogP contribution < -0.4 is 0 Å². The van der Waals surface area contributed by atoms with Gasteiger partial charge >= 0.3 is 0 Å². The van der Waals surface area contributed by atoms with Gasteiger partial charge in [0.15, 0.2) is 0 Å². The summed E-state index contributed by atoms with van der Waals surface area (Å²) in [6.07, 6.45) is 9.43. The molecule has 5 rings (SSSR count). The molecule has 0 radical (unpaired) electrons. The molecular weight excluding hydrogens is 410 g/mol. The number of carbonyl (C=O) groups excluding carboxylic acids is 2. The lowest BCUT2D eigenvalue weighted by molar-refractivity contribution is -0.138. The van der Waals surface area contributed by atoms with E-state index in [2.05, 4.69) is 15.9 Å². The monoisotopic (exact) mass is 445 g/mol. The smallest absolute Gasteiger partial charge is 0.264 e. The quantitative estimate of drug-likeness (QED) is 0.718. The molecule has 0 aromatic carbocycles. The second kappa shape index (κ2) is 9.59. The van der Waals surface area contributed by atoms with Gasteiger partial charge in [0.25, 0.3) is 5.91 Å². The number of carbonyl (C=O) groups is 2. The SMILES string of the molecule is O=C(c1cc2c(s1)CC[C@H](C(=O)N1CCN(C3CCCCC3)CC1)C2)N1CCOCC1. The summed E-state index contributed by atoms with van der Waals surface area (Å²) in [4.78, 5) is 34.9. The zero-order chi connectivity index (χ0) is 21.2. The molecule has 1 aromatic rings. The molecule has 3 fully saturated rings. The predicted octanol–water partition coefficient (Wildman–Crippen LogP) is 2.80. The van der Waals surface area contributed by atoms with Gasteiger partial charge in [-0.15, -0.1) is 11.3 Å². The number of rotatable bonds is 3. The third-order valence-corrected chi connectivity index (χ3v) is 8.88. The molecule has 1 atom stereocenters. The standard InChI is InChI=1S/C24H35N3O3S/c28-23(26-10-8-25(9-11-26)20-4-2-1-3-5-20)18-6-7-21-19(16-18)17-22(31-21)24(29)27-12-14-30-15-13-27/h17-18,20H,1-16H2/t18-/m0/s1. The Morgan fingerprint density at radius 2 is 1.65 bits per heavy atom. The van der Waals surface area contributed by atoms with Crippen LogP contribution in [0.25, 0.3) is 0 Å². The highest BCUT2D eigenvalue weighted by Gasteiger charge is 2.33. The predicted molar refractivity (Wildman–Crippen MR) is 122 cm³/mol. The van der Waals surface area contributed by atoms with Crippen molar-refractivity contribution in [3.05, 3.63) is 21.4 Å².